The van der Waals surface area contributed by atoms with E-state index < -0.39 is 6.10 Å². The maximum absolute atomic E-state index is 12.9. The van der Waals surface area contributed by atoms with Crippen molar-refractivity contribution in [2.24, 2.45) is 11.8 Å². The molecular weight excluding hydrogens is 841 g/mol. The first-order chi connectivity index (χ1) is 33.3. The summed E-state index contributed by atoms with van der Waals surface area (Å²) < 4.78 is 16.9. The molecule has 0 saturated carbocycles. The average Bonchev–Trinajstić information content (AvgIpc) is 3.32. The van der Waals surface area contributed by atoms with Crippen LogP contribution in [0.25, 0.3) is 0 Å². The predicted octanol–water partition coefficient (Wildman–Crippen LogP) is 20.4. The lowest BCUT2D eigenvalue weighted by atomic mass is 9.99. The van der Waals surface area contributed by atoms with E-state index in [1.54, 1.807) is 0 Å². The van der Waals surface area contributed by atoms with Crippen LogP contribution in [-0.2, 0) is 28.6 Å². The quantitative estimate of drug-likeness (QED) is 0.0343. The molecule has 0 aromatic heterocycles. The molecular formula is C62H120O6. The molecule has 0 amide bonds. The van der Waals surface area contributed by atoms with Crippen molar-refractivity contribution in [3.63, 3.8) is 0 Å². The average molecular weight is 962 g/mol. The van der Waals surface area contributed by atoms with E-state index in [1.807, 2.05) is 0 Å². The largest absolute Gasteiger partial charge is 0.462 e. The summed E-state index contributed by atoms with van der Waals surface area (Å²) in [5.41, 5.74) is 0. The SMILES string of the molecule is CCCCCCCCCCCCCCCCCCC(=O)O[C@H](COC(=O)CCCCCCCCCCCCCCCCC(C)CC)COC(=O)CCCCCCCCCCCCCCCC(C)C. The van der Waals surface area contributed by atoms with Crippen LogP contribution in [0.15, 0.2) is 0 Å². The van der Waals surface area contributed by atoms with E-state index >= 15 is 0 Å². The molecule has 0 fully saturated rings. The van der Waals surface area contributed by atoms with Gasteiger partial charge in [-0.05, 0) is 31.1 Å². The molecule has 6 heteroatoms. The van der Waals surface area contributed by atoms with E-state index in [0.29, 0.717) is 19.3 Å². The third-order valence-corrected chi connectivity index (χ3v) is 14.6. The summed E-state index contributed by atoms with van der Waals surface area (Å²) in [5.74, 6) is 0.902. The third kappa shape index (κ3) is 53.8. The molecule has 0 bridgehead atoms. The van der Waals surface area contributed by atoms with Gasteiger partial charge in [-0.2, -0.15) is 0 Å². The van der Waals surface area contributed by atoms with Gasteiger partial charge in [0.05, 0.1) is 0 Å². The van der Waals surface area contributed by atoms with Gasteiger partial charge in [-0.1, -0.05) is 311 Å². The van der Waals surface area contributed by atoms with Crippen molar-refractivity contribution in [1.29, 1.82) is 0 Å². The molecule has 0 saturated heterocycles. The zero-order valence-corrected chi connectivity index (χ0v) is 46.7. The lowest BCUT2D eigenvalue weighted by Crippen LogP contribution is -2.30. The minimum Gasteiger partial charge on any atom is -0.462 e. The molecule has 0 aliphatic rings. The van der Waals surface area contributed by atoms with E-state index in [9.17, 15) is 14.4 Å². The number of hydrogen-bond donors (Lipinski definition) is 0. The first-order valence-corrected chi connectivity index (χ1v) is 30.8. The highest BCUT2D eigenvalue weighted by molar-refractivity contribution is 5.71. The molecule has 0 aromatic carbocycles. The topological polar surface area (TPSA) is 78.9 Å². The Morgan fingerprint density at radius 3 is 0.838 bits per heavy atom. The van der Waals surface area contributed by atoms with Crippen molar-refractivity contribution in [3.8, 4) is 0 Å². The van der Waals surface area contributed by atoms with Crippen LogP contribution in [-0.4, -0.2) is 37.2 Å². The molecule has 0 N–H and O–H groups in total. The number of hydrogen-bond acceptors (Lipinski definition) is 6. The number of carbonyl (C=O) groups excluding carboxylic acids is 3. The smallest absolute Gasteiger partial charge is 0.306 e. The second-order valence-corrected chi connectivity index (χ2v) is 22.1. The Bertz CT molecular complexity index is 1040. The monoisotopic (exact) mass is 961 g/mol. The standard InChI is InChI=1S/C62H120O6/c1-6-8-9-10-11-12-13-14-15-16-23-29-34-39-44-49-54-62(65)68-59(56-67-61(64)53-48-43-38-33-28-24-19-20-25-30-35-40-45-50-57(3)4)55-66-60(63)52-47-42-37-32-27-22-18-17-21-26-31-36-41-46-51-58(5)7-2/h57-59H,6-56H2,1-5H3/t58?,59-/m1/s1. The summed E-state index contributed by atoms with van der Waals surface area (Å²) in [7, 11) is 0. The van der Waals surface area contributed by atoms with Gasteiger partial charge < -0.3 is 14.2 Å². The number of carbonyl (C=O) groups is 3. The van der Waals surface area contributed by atoms with Crippen molar-refractivity contribution in [3.05, 3.63) is 0 Å². The Labute approximate surface area is 425 Å². The first-order valence-electron chi connectivity index (χ1n) is 30.8. The van der Waals surface area contributed by atoms with Gasteiger partial charge in [0.1, 0.15) is 13.2 Å². The molecule has 0 radical (unpaired) electrons. The molecule has 0 spiro atoms. The van der Waals surface area contributed by atoms with Crippen LogP contribution in [0.5, 0.6) is 0 Å². The Morgan fingerprint density at radius 1 is 0.309 bits per heavy atom. The van der Waals surface area contributed by atoms with Gasteiger partial charge in [-0.25, -0.2) is 0 Å². The molecule has 1 unspecified atom stereocenters. The number of unbranched alkanes of at least 4 members (excludes halogenated alkanes) is 40. The zero-order valence-electron chi connectivity index (χ0n) is 46.7. The molecule has 0 aliphatic heterocycles. The first kappa shape index (κ1) is 66.4. The summed E-state index contributed by atoms with van der Waals surface area (Å²) in [6, 6.07) is 0. The van der Waals surface area contributed by atoms with Gasteiger partial charge >= 0.3 is 17.9 Å². The summed E-state index contributed by atoms with van der Waals surface area (Å²) in [6.07, 6.45) is 59.4. The van der Waals surface area contributed by atoms with Crippen molar-refractivity contribution in [2.45, 2.75) is 355 Å². The Hall–Kier alpha value is -1.59. The second-order valence-electron chi connectivity index (χ2n) is 22.1. The molecule has 0 rings (SSSR count). The van der Waals surface area contributed by atoms with Crippen LogP contribution < -0.4 is 0 Å². The molecule has 404 valence electrons. The van der Waals surface area contributed by atoms with E-state index in [0.717, 1.165) is 69.6 Å². The van der Waals surface area contributed by atoms with Crippen LogP contribution in [0, 0.1) is 11.8 Å². The van der Waals surface area contributed by atoms with Crippen LogP contribution in [0.3, 0.4) is 0 Å². The summed E-state index contributed by atoms with van der Waals surface area (Å²) in [5, 5.41) is 0. The molecule has 6 nitrogen and oxygen atoms in total. The molecule has 0 heterocycles. The maximum atomic E-state index is 12.9. The molecule has 2 atom stereocenters. The fraction of sp³-hybridized carbons (Fsp3) is 0.952. The zero-order chi connectivity index (χ0) is 49.6. The van der Waals surface area contributed by atoms with Crippen LogP contribution in [0.4, 0.5) is 0 Å². The van der Waals surface area contributed by atoms with Crippen LogP contribution in [0.1, 0.15) is 349 Å². The Balaban J connectivity index is 4.30. The lowest BCUT2D eigenvalue weighted by Gasteiger charge is -2.18. The third-order valence-electron chi connectivity index (χ3n) is 14.6. The number of ether oxygens (including phenoxy) is 3. The van der Waals surface area contributed by atoms with E-state index in [2.05, 4.69) is 34.6 Å². The normalized spacial score (nSPS) is 12.4. The van der Waals surface area contributed by atoms with Crippen molar-refractivity contribution in [2.75, 3.05) is 13.2 Å². The van der Waals surface area contributed by atoms with Gasteiger partial charge in [0.15, 0.2) is 6.10 Å². The van der Waals surface area contributed by atoms with Crippen LogP contribution >= 0.6 is 0 Å². The van der Waals surface area contributed by atoms with Crippen molar-refractivity contribution < 1.29 is 28.6 Å². The Kier molecular flexibility index (Phi) is 53.5. The summed E-state index contributed by atoms with van der Waals surface area (Å²) in [6.45, 7) is 11.5. The highest BCUT2D eigenvalue weighted by Gasteiger charge is 2.19. The number of esters is 3. The van der Waals surface area contributed by atoms with Gasteiger partial charge in [0, 0.05) is 19.3 Å². The van der Waals surface area contributed by atoms with Crippen molar-refractivity contribution in [1.82, 2.24) is 0 Å². The highest BCUT2D eigenvalue weighted by atomic mass is 16.6. The van der Waals surface area contributed by atoms with E-state index in [1.165, 1.54) is 238 Å². The number of rotatable bonds is 56. The highest BCUT2D eigenvalue weighted by Crippen LogP contribution is 2.19. The van der Waals surface area contributed by atoms with Gasteiger partial charge in [0.2, 0.25) is 0 Å². The van der Waals surface area contributed by atoms with Gasteiger partial charge in [0.25, 0.3) is 0 Å². The predicted molar refractivity (Wildman–Crippen MR) is 293 cm³/mol. The van der Waals surface area contributed by atoms with Gasteiger partial charge in [-0.3, -0.25) is 14.4 Å². The summed E-state index contributed by atoms with van der Waals surface area (Å²) >= 11 is 0. The fourth-order valence-electron chi connectivity index (χ4n) is 9.55. The fourth-order valence-corrected chi connectivity index (χ4v) is 9.55. The maximum Gasteiger partial charge on any atom is 0.306 e. The molecule has 0 aromatic rings. The van der Waals surface area contributed by atoms with E-state index in [4.69, 9.17) is 14.2 Å². The second kappa shape index (κ2) is 54.7. The summed E-state index contributed by atoms with van der Waals surface area (Å²) in [4.78, 5) is 38.2. The molecule has 68 heavy (non-hydrogen) atoms. The van der Waals surface area contributed by atoms with Crippen LogP contribution in [0.2, 0.25) is 0 Å². The minimum absolute atomic E-state index is 0.0622. The van der Waals surface area contributed by atoms with Crippen molar-refractivity contribution >= 4 is 17.9 Å². The lowest BCUT2D eigenvalue weighted by molar-refractivity contribution is -0.167. The Morgan fingerprint density at radius 2 is 0.559 bits per heavy atom. The van der Waals surface area contributed by atoms with E-state index in [-0.39, 0.29) is 31.1 Å². The molecule has 0 aliphatic carbocycles. The minimum atomic E-state index is -0.763. The van der Waals surface area contributed by atoms with Gasteiger partial charge in [-0.15, -0.1) is 0 Å².